The Kier molecular flexibility index (Phi) is 5.12. The van der Waals surface area contributed by atoms with E-state index in [-0.39, 0.29) is 6.61 Å². The Morgan fingerprint density at radius 2 is 1.89 bits per heavy atom. The lowest BCUT2D eigenvalue weighted by molar-refractivity contribution is -0.0305. The maximum Gasteiger partial charge on any atom is 0.107 e. The van der Waals surface area contributed by atoms with Crippen molar-refractivity contribution in [1.29, 1.82) is 0 Å². The molecular formula is C4H10O4S. The predicted molar refractivity (Wildman–Crippen MR) is 34.0 cm³/mol. The average Bonchev–Trinajstić information content (AvgIpc) is 1.87. The van der Waals surface area contributed by atoms with Crippen LogP contribution in [0.5, 0.6) is 0 Å². The van der Waals surface area contributed by atoms with Crippen molar-refractivity contribution in [2.24, 2.45) is 0 Å². The lowest BCUT2D eigenvalue weighted by Gasteiger charge is -2.12. The topological polar surface area (TPSA) is 69.9 Å². The van der Waals surface area contributed by atoms with Gasteiger partial charge in [0.15, 0.2) is 0 Å². The molecule has 0 aliphatic heterocycles. The van der Waals surface area contributed by atoms with E-state index in [0.717, 1.165) is 0 Å². The van der Waals surface area contributed by atoms with Gasteiger partial charge in [-0.3, -0.25) is 0 Å². The van der Waals surface area contributed by atoms with E-state index in [1.54, 1.807) is 0 Å². The molecule has 0 unspecified atom stereocenters. The lowest BCUT2D eigenvalue weighted by Crippen LogP contribution is -2.32. The summed E-state index contributed by atoms with van der Waals surface area (Å²) >= 11 is 3.34. The Labute approximate surface area is 58.7 Å². The number of aliphatic hydroxyl groups excluding tert-OH is 3. The van der Waals surface area contributed by atoms with Gasteiger partial charge in [-0.25, -0.2) is 0 Å². The van der Waals surface area contributed by atoms with Crippen LogP contribution in [0.25, 0.3) is 0 Å². The zero-order valence-corrected chi connectivity index (χ0v) is 5.66. The summed E-state index contributed by atoms with van der Waals surface area (Å²) in [6.45, 7) is -0.566. The van der Waals surface area contributed by atoms with Crippen molar-refractivity contribution in [3.8, 4) is 0 Å². The number of aliphatic hydroxyl groups is 3. The van der Waals surface area contributed by atoms with Crippen LogP contribution in [0.1, 0.15) is 0 Å². The number of rotatable bonds is 4. The Morgan fingerprint density at radius 1 is 1.33 bits per heavy atom. The molecule has 3 N–H and O–H groups in total. The molecule has 0 radical (unpaired) electrons. The summed E-state index contributed by atoms with van der Waals surface area (Å²) in [5, 5.41) is 25.6. The van der Waals surface area contributed by atoms with Gasteiger partial charge in [-0.1, -0.05) is 0 Å². The fraction of sp³-hybridized carbons (Fsp3) is 1.00. The molecule has 0 spiro atoms. The molecule has 0 heterocycles. The molecule has 0 aromatic carbocycles. The summed E-state index contributed by atoms with van der Waals surface area (Å²) in [7, 11) is 0. The lowest BCUT2D eigenvalue weighted by atomic mass is 10.2. The SMILES string of the molecule is OC[C@@H](O)[C@H](O)COS. The van der Waals surface area contributed by atoms with Gasteiger partial charge in [0, 0.05) is 0 Å². The van der Waals surface area contributed by atoms with Crippen LogP contribution in [0.4, 0.5) is 0 Å². The summed E-state index contributed by atoms with van der Waals surface area (Å²) in [6, 6.07) is 0. The van der Waals surface area contributed by atoms with Crippen molar-refractivity contribution in [3.63, 3.8) is 0 Å². The minimum Gasteiger partial charge on any atom is -0.394 e. The summed E-state index contributed by atoms with van der Waals surface area (Å²) in [4.78, 5) is 0. The van der Waals surface area contributed by atoms with Gasteiger partial charge in [0.25, 0.3) is 0 Å². The minimum atomic E-state index is -1.14. The van der Waals surface area contributed by atoms with E-state index in [4.69, 9.17) is 15.3 Å². The fourth-order valence-electron chi connectivity index (χ4n) is 0.309. The molecule has 0 bridgehead atoms. The van der Waals surface area contributed by atoms with E-state index in [1.165, 1.54) is 0 Å². The van der Waals surface area contributed by atoms with Crippen molar-refractivity contribution in [2.75, 3.05) is 13.2 Å². The zero-order valence-electron chi connectivity index (χ0n) is 4.77. The van der Waals surface area contributed by atoms with Crippen molar-refractivity contribution in [1.82, 2.24) is 0 Å². The van der Waals surface area contributed by atoms with Gasteiger partial charge in [0.1, 0.15) is 12.2 Å². The average molecular weight is 154 g/mol. The monoisotopic (exact) mass is 154 g/mol. The van der Waals surface area contributed by atoms with Crippen molar-refractivity contribution < 1.29 is 19.5 Å². The second kappa shape index (κ2) is 5.01. The molecule has 0 aliphatic rings. The van der Waals surface area contributed by atoms with E-state index in [9.17, 15) is 0 Å². The highest BCUT2D eigenvalue weighted by Gasteiger charge is 2.13. The molecule has 0 amide bonds. The first kappa shape index (κ1) is 9.19. The Hall–Kier alpha value is 0.190. The molecule has 0 fully saturated rings. The van der Waals surface area contributed by atoms with Gasteiger partial charge in [0.05, 0.1) is 13.2 Å². The normalized spacial score (nSPS) is 17.3. The quantitative estimate of drug-likeness (QED) is 0.296. The molecule has 0 saturated carbocycles. The Bertz CT molecular complexity index is 69.6. The number of thiol groups is 1. The van der Waals surface area contributed by atoms with E-state index in [2.05, 4.69) is 17.1 Å². The van der Waals surface area contributed by atoms with Crippen molar-refractivity contribution in [3.05, 3.63) is 0 Å². The Morgan fingerprint density at radius 3 is 2.22 bits per heavy atom. The summed E-state index contributed by atoms with van der Waals surface area (Å²) in [5.41, 5.74) is 0. The molecule has 5 heteroatoms. The third-order valence-electron chi connectivity index (χ3n) is 0.877. The smallest absolute Gasteiger partial charge is 0.107 e. The molecule has 56 valence electrons. The first-order chi connectivity index (χ1) is 4.22. The molecule has 9 heavy (non-hydrogen) atoms. The van der Waals surface area contributed by atoms with Gasteiger partial charge >= 0.3 is 0 Å². The molecule has 0 aliphatic carbocycles. The molecule has 0 saturated heterocycles. The first-order valence-corrected chi connectivity index (χ1v) is 2.82. The van der Waals surface area contributed by atoms with Crippen LogP contribution in [-0.4, -0.2) is 40.7 Å². The van der Waals surface area contributed by atoms with Crippen molar-refractivity contribution in [2.45, 2.75) is 12.2 Å². The van der Waals surface area contributed by atoms with Gasteiger partial charge in [0.2, 0.25) is 0 Å². The Balaban J connectivity index is 3.32. The standard InChI is InChI=1S/C4H10O4S/c5-1-3(6)4(7)2-8-9/h3-7,9H,1-2H2/t3-,4-/m1/s1. The maximum absolute atomic E-state index is 8.73. The number of hydrogen-bond donors (Lipinski definition) is 4. The van der Waals surface area contributed by atoms with Crippen LogP contribution in [-0.2, 0) is 4.18 Å². The van der Waals surface area contributed by atoms with Gasteiger partial charge < -0.3 is 19.5 Å². The first-order valence-electron chi connectivity index (χ1n) is 2.45. The van der Waals surface area contributed by atoms with Crippen LogP contribution in [0.2, 0.25) is 0 Å². The largest absolute Gasteiger partial charge is 0.394 e. The predicted octanol–water partition coefficient (Wildman–Crippen LogP) is -1.44. The second-order valence-corrected chi connectivity index (χ2v) is 1.87. The van der Waals surface area contributed by atoms with Gasteiger partial charge in [-0.05, 0) is 12.9 Å². The summed E-state index contributed by atoms with van der Waals surface area (Å²) in [6.07, 6.45) is -2.20. The van der Waals surface area contributed by atoms with Crippen LogP contribution < -0.4 is 0 Å². The summed E-state index contributed by atoms with van der Waals surface area (Å²) in [5.74, 6) is 0. The molecular weight excluding hydrogens is 144 g/mol. The molecule has 0 aromatic rings. The zero-order chi connectivity index (χ0) is 7.28. The minimum absolute atomic E-state index is 0.0924. The van der Waals surface area contributed by atoms with E-state index >= 15 is 0 Å². The highest BCUT2D eigenvalue weighted by atomic mass is 32.1. The highest BCUT2D eigenvalue weighted by Crippen LogP contribution is 1.93. The van der Waals surface area contributed by atoms with Gasteiger partial charge in [-0.15, -0.1) is 0 Å². The molecule has 0 aromatic heterocycles. The molecule has 2 atom stereocenters. The van der Waals surface area contributed by atoms with Crippen LogP contribution in [0, 0.1) is 0 Å². The van der Waals surface area contributed by atoms with E-state index in [1.807, 2.05) is 0 Å². The number of hydrogen-bond acceptors (Lipinski definition) is 5. The van der Waals surface area contributed by atoms with Crippen LogP contribution in [0.15, 0.2) is 0 Å². The molecule has 4 nitrogen and oxygen atoms in total. The third kappa shape index (κ3) is 3.72. The highest BCUT2D eigenvalue weighted by molar-refractivity contribution is 7.75. The summed E-state index contributed by atoms with van der Waals surface area (Å²) < 4.78 is 4.20. The van der Waals surface area contributed by atoms with Gasteiger partial charge in [-0.2, -0.15) is 0 Å². The van der Waals surface area contributed by atoms with Crippen LogP contribution >= 0.6 is 12.9 Å². The second-order valence-electron chi connectivity index (χ2n) is 1.61. The molecule has 0 rings (SSSR count). The van der Waals surface area contributed by atoms with E-state index < -0.39 is 18.8 Å². The van der Waals surface area contributed by atoms with Crippen molar-refractivity contribution >= 4 is 12.9 Å². The maximum atomic E-state index is 8.73. The van der Waals surface area contributed by atoms with Crippen LogP contribution in [0.3, 0.4) is 0 Å². The fourth-order valence-corrected chi connectivity index (χ4v) is 0.462. The third-order valence-corrected chi connectivity index (χ3v) is 1.03. The van der Waals surface area contributed by atoms with E-state index in [0.29, 0.717) is 0 Å².